The fourth-order valence-corrected chi connectivity index (χ4v) is 2.86. The van der Waals surface area contributed by atoms with Crippen LogP contribution in [0.15, 0.2) is 28.7 Å². The van der Waals surface area contributed by atoms with Crippen molar-refractivity contribution in [2.75, 3.05) is 13.1 Å². The molecule has 0 aromatic heterocycles. The number of carbonyl (C=O) groups is 1. The Labute approximate surface area is 129 Å². The van der Waals surface area contributed by atoms with Crippen LogP contribution in [-0.2, 0) is 4.79 Å². The van der Waals surface area contributed by atoms with E-state index in [0.717, 1.165) is 17.6 Å². The number of halogens is 1. The van der Waals surface area contributed by atoms with Gasteiger partial charge in [0.05, 0.1) is 0 Å². The molecule has 4 heteroatoms. The molecule has 1 aromatic carbocycles. The molecule has 2 unspecified atom stereocenters. The van der Waals surface area contributed by atoms with Crippen molar-refractivity contribution in [1.29, 1.82) is 0 Å². The van der Waals surface area contributed by atoms with E-state index in [-0.39, 0.29) is 11.8 Å². The van der Waals surface area contributed by atoms with Crippen molar-refractivity contribution in [3.63, 3.8) is 0 Å². The van der Waals surface area contributed by atoms with Gasteiger partial charge in [-0.3, -0.25) is 4.79 Å². The summed E-state index contributed by atoms with van der Waals surface area (Å²) in [7, 11) is 0. The van der Waals surface area contributed by atoms with Crippen LogP contribution < -0.4 is 10.6 Å². The van der Waals surface area contributed by atoms with Gasteiger partial charge >= 0.3 is 0 Å². The van der Waals surface area contributed by atoms with Crippen LogP contribution in [0.2, 0.25) is 0 Å². The zero-order valence-corrected chi connectivity index (χ0v) is 13.6. The van der Waals surface area contributed by atoms with Gasteiger partial charge in [-0.25, -0.2) is 0 Å². The summed E-state index contributed by atoms with van der Waals surface area (Å²) >= 11 is 3.43. The quantitative estimate of drug-likeness (QED) is 0.865. The Morgan fingerprint density at radius 1 is 1.40 bits per heavy atom. The molecule has 1 aromatic rings. The Morgan fingerprint density at radius 3 is 2.80 bits per heavy atom. The second-order valence-electron chi connectivity index (χ2n) is 5.61. The van der Waals surface area contributed by atoms with Gasteiger partial charge < -0.3 is 10.6 Å². The minimum Gasteiger partial charge on any atom is -0.355 e. The van der Waals surface area contributed by atoms with E-state index < -0.39 is 0 Å². The number of benzene rings is 1. The van der Waals surface area contributed by atoms with Gasteiger partial charge in [0.2, 0.25) is 5.91 Å². The SMILES string of the molecule is CC(CC(=O)NCC1CCCCN1)c1ccc(Br)cc1. The van der Waals surface area contributed by atoms with Crippen molar-refractivity contribution in [3.8, 4) is 0 Å². The predicted octanol–water partition coefficient (Wildman–Crippen LogP) is 3.20. The van der Waals surface area contributed by atoms with E-state index in [1.807, 2.05) is 12.1 Å². The van der Waals surface area contributed by atoms with Gasteiger partial charge in [-0.1, -0.05) is 41.4 Å². The molecule has 0 spiro atoms. The van der Waals surface area contributed by atoms with Crippen molar-refractivity contribution in [1.82, 2.24) is 10.6 Å². The molecule has 0 saturated carbocycles. The molecule has 1 heterocycles. The van der Waals surface area contributed by atoms with Crippen LogP contribution in [-0.4, -0.2) is 25.0 Å². The second-order valence-corrected chi connectivity index (χ2v) is 6.52. The van der Waals surface area contributed by atoms with Gasteiger partial charge in [0, 0.05) is 23.5 Å². The normalized spacial score (nSPS) is 20.4. The summed E-state index contributed by atoms with van der Waals surface area (Å²) < 4.78 is 1.07. The molecule has 1 aliphatic heterocycles. The number of hydrogen-bond donors (Lipinski definition) is 2. The zero-order chi connectivity index (χ0) is 14.4. The smallest absolute Gasteiger partial charge is 0.220 e. The van der Waals surface area contributed by atoms with Gasteiger partial charge in [-0.15, -0.1) is 0 Å². The molecule has 0 radical (unpaired) electrons. The van der Waals surface area contributed by atoms with Crippen molar-refractivity contribution in [2.24, 2.45) is 0 Å². The van der Waals surface area contributed by atoms with E-state index >= 15 is 0 Å². The summed E-state index contributed by atoms with van der Waals surface area (Å²) in [4.78, 5) is 12.0. The third kappa shape index (κ3) is 4.91. The van der Waals surface area contributed by atoms with Crippen molar-refractivity contribution >= 4 is 21.8 Å². The molecule has 1 amide bonds. The molecular weight excluding hydrogens is 316 g/mol. The topological polar surface area (TPSA) is 41.1 Å². The molecule has 3 nitrogen and oxygen atoms in total. The standard InChI is InChI=1S/C16H23BrN2O/c1-12(13-5-7-14(17)8-6-13)10-16(20)19-11-15-4-2-3-9-18-15/h5-8,12,15,18H,2-4,9-11H2,1H3,(H,19,20). The van der Waals surface area contributed by atoms with Crippen molar-refractivity contribution < 1.29 is 4.79 Å². The monoisotopic (exact) mass is 338 g/mol. The second kappa shape index (κ2) is 7.79. The average molecular weight is 339 g/mol. The summed E-state index contributed by atoms with van der Waals surface area (Å²) in [5.74, 6) is 0.398. The van der Waals surface area contributed by atoms with Crippen LogP contribution in [0.1, 0.15) is 44.1 Å². The minimum absolute atomic E-state index is 0.146. The molecule has 2 atom stereocenters. The van der Waals surface area contributed by atoms with Crippen LogP contribution in [0.5, 0.6) is 0 Å². The first-order valence-electron chi connectivity index (χ1n) is 7.40. The maximum Gasteiger partial charge on any atom is 0.220 e. The van der Waals surface area contributed by atoms with Gasteiger partial charge in [0.1, 0.15) is 0 Å². The zero-order valence-electron chi connectivity index (χ0n) is 12.0. The van der Waals surface area contributed by atoms with E-state index in [0.29, 0.717) is 12.5 Å². The Bertz CT molecular complexity index is 427. The maximum atomic E-state index is 12.0. The Kier molecular flexibility index (Phi) is 6.05. The Hall–Kier alpha value is -0.870. The molecule has 20 heavy (non-hydrogen) atoms. The highest BCUT2D eigenvalue weighted by Gasteiger charge is 2.15. The van der Waals surface area contributed by atoms with E-state index in [4.69, 9.17) is 0 Å². The van der Waals surface area contributed by atoms with Crippen molar-refractivity contribution in [3.05, 3.63) is 34.3 Å². The van der Waals surface area contributed by atoms with Gasteiger partial charge in [0.15, 0.2) is 0 Å². The highest BCUT2D eigenvalue weighted by Crippen LogP contribution is 2.21. The largest absolute Gasteiger partial charge is 0.355 e. The van der Waals surface area contributed by atoms with E-state index in [1.54, 1.807) is 0 Å². The maximum absolute atomic E-state index is 12.0. The fourth-order valence-electron chi connectivity index (χ4n) is 2.59. The first-order valence-corrected chi connectivity index (χ1v) is 8.20. The Balaban J connectivity index is 1.74. The molecule has 1 aliphatic rings. The molecule has 1 fully saturated rings. The summed E-state index contributed by atoms with van der Waals surface area (Å²) in [6.45, 7) is 3.93. The predicted molar refractivity (Wildman–Crippen MR) is 85.8 cm³/mol. The van der Waals surface area contributed by atoms with Crippen LogP contribution in [0.25, 0.3) is 0 Å². The fraction of sp³-hybridized carbons (Fsp3) is 0.562. The summed E-state index contributed by atoms with van der Waals surface area (Å²) in [6.07, 6.45) is 4.24. The van der Waals surface area contributed by atoms with Gasteiger partial charge in [-0.05, 0) is 43.0 Å². The third-order valence-corrected chi connectivity index (χ3v) is 4.42. The summed E-state index contributed by atoms with van der Waals surface area (Å²) in [5.41, 5.74) is 1.21. The van der Waals surface area contributed by atoms with Crippen LogP contribution >= 0.6 is 15.9 Å². The molecule has 1 saturated heterocycles. The highest BCUT2D eigenvalue weighted by atomic mass is 79.9. The van der Waals surface area contributed by atoms with Crippen LogP contribution in [0.4, 0.5) is 0 Å². The summed E-state index contributed by atoms with van der Waals surface area (Å²) in [5, 5.41) is 6.50. The Morgan fingerprint density at radius 2 is 2.15 bits per heavy atom. The lowest BCUT2D eigenvalue weighted by Gasteiger charge is -2.24. The lowest BCUT2D eigenvalue weighted by Crippen LogP contribution is -2.43. The molecule has 0 bridgehead atoms. The number of carbonyl (C=O) groups excluding carboxylic acids is 1. The molecule has 0 aliphatic carbocycles. The number of piperidine rings is 1. The molecule has 2 N–H and O–H groups in total. The van der Waals surface area contributed by atoms with E-state index in [2.05, 4.69) is 45.6 Å². The van der Waals surface area contributed by atoms with Crippen LogP contribution in [0, 0.1) is 0 Å². The first kappa shape index (κ1) is 15.5. The third-order valence-electron chi connectivity index (χ3n) is 3.89. The molecule has 110 valence electrons. The van der Waals surface area contributed by atoms with Gasteiger partial charge in [0.25, 0.3) is 0 Å². The highest BCUT2D eigenvalue weighted by molar-refractivity contribution is 9.10. The van der Waals surface area contributed by atoms with Gasteiger partial charge in [-0.2, -0.15) is 0 Å². The summed E-state index contributed by atoms with van der Waals surface area (Å²) in [6, 6.07) is 8.65. The first-order chi connectivity index (χ1) is 9.65. The number of nitrogens with one attached hydrogen (secondary N) is 2. The lowest BCUT2D eigenvalue weighted by atomic mass is 9.97. The molecular formula is C16H23BrN2O. The van der Waals surface area contributed by atoms with E-state index in [9.17, 15) is 4.79 Å². The number of amides is 1. The van der Waals surface area contributed by atoms with Crippen LogP contribution in [0.3, 0.4) is 0 Å². The lowest BCUT2D eigenvalue weighted by molar-refractivity contribution is -0.121. The number of rotatable bonds is 5. The average Bonchev–Trinajstić information content (AvgIpc) is 2.47. The van der Waals surface area contributed by atoms with Crippen molar-refractivity contribution in [2.45, 2.75) is 44.6 Å². The number of hydrogen-bond acceptors (Lipinski definition) is 2. The molecule has 2 rings (SSSR count). The van der Waals surface area contributed by atoms with E-state index in [1.165, 1.54) is 24.8 Å². The minimum atomic E-state index is 0.146.